The van der Waals surface area contributed by atoms with E-state index in [2.05, 4.69) is 11.5 Å². The molecule has 0 aliphatic heterocycles. The lowest BCUT2D eigenvalue weighted by Crippen LogP contribution is -2.30. The summed E-state index contributed by atoms with van der Waals surface area (Å²) in [5.41, 5.74) is 5.97. The molecule has 0 aliphatic rings. The molecule has 0 saturated carbocycles. The van der Waals surface area contributed by atoms with Crippen LogP contribution in [-0.2, 0) is 6.42 Å². The summed E-state index contributed by atoms with van der Waals surface area (Å²) in [5, 5.41) is 1.25. The smallest absolute Gasteiger partial charge is 0.123 e. The largest absolute Gasteiger partial charge is 0.496 e. The zero-order valence-corrected chi connectivity index (χ0v) is 13.5. The van der Waals surface area contributed by atoms with Gasteiger partial charge in [-0.3, -0.25) is 11.3 Å². The Morgan fingerprint density at radius 3 is 2.57 bits per heavy atom. The number of hydrogen-bond donors (Lipinski definition) is 2. The van der Waals surface area contributed by atoms with Crippen molar-refractivity contribution in [1.29, 1.82) is 0 Å². The van der Waals surface area contributed by atoms with Crippen molar-refractivity contribution < 1.29 is 4.74 Å². The number of methoxy groups -OCH3 is 1. The first-order valence-electron chi connectivity index (χ1n) is 6.59. The topological polar surface area (TPSA) is 47.3 Å². The van der Waals surface area contributed by atoms with Gasteiger partial charge >= 0.3 is 0 Å². The molecule has 0 aliphatic carbocycles. The number of hydrogen-bond acceptors (Lipinski definition) is 3. The van der Waals surface area contributed by atoms with Gasteiger partial charge in [-0.05, 0) is 37.1 Å². The Labute approximate surface area is 135 Å². The predicted molar refractivity (Wildman–Crippen MR) is 88.0 cm³/mol. The molecule has 0 spiro atoms. The molecule has 2 aromatic carbocycles. The van der Waals surface area contributed by atoms with E-state index in [0.29, 0.717) is 16.5 Å². The lowest BCUT2D eigenvalue weighted by molar-refractivity contribution is 0.399. The summed E-state index contributed by atoms with van der Waals surface area (Å²) in [6.45, 7) is 2.03. The molecular formula is C16H18Cl2N2O. The van der Waals surface area contributed by atoms with Crippen molar-refractivity contribution in [3.8, 4) is 5.75 Å². The second-order valence-electron chi connectivity index (χ2n) is 4.90. The summed E-state index contributed by atoms with van der Waals surface area (Å²) in [6.07, 6.45) is 0.645. The zero-order valence-electron chi connectivity index (χ0n) is 12.0. The van der Waals surface area contributed by atoms with Gasteiger partial charge in [-0.1, -0.05) is 47.0 Å². The molecule has 0 radical (unpaired) electrons. The van der Waals surface area contributed by atoms with E-state index >= 15 is 0 Å². The highest BCUT2D eigenvalue weighted by Gasteiger charge is 2.17. The van der Waals surface area contributed by atoms with Gasteiger partial charge in [0, 0.05) is 15.6 Å². The molecule has 1 atom stereocenters. The van der Waals surface area contributed by atoms with E-state index < -0.39 is 0 Å². The fourth-order valence-electron chi connectivity index (χ4n) is 2.29. The van der Waals surface area contributed by atoms with E-state index in [4.69, 9.17) is 33.8 Å². The first kappa shape index (κ1) is 16.1. The zero-order chi connectivity index (χ0) is 15.4. The number of hydrazine groups is 1. The third-order valence-corrected chi connectivity index (χ3v) is 3.99. The molecule has 2 aromatic rings. The Morgan fingerprint density at radius 1 is 1.19 bits per heavy atom. The van der Waals surface area contributed by atoms with Gasteiger partial charge in [0.1, 0.15) is 5.75 Å². The molecule has 0 amide bonds. The summed E-state index contributed by atoms with van der Waals surface area (Å²) in [5.74, 6) is 6.53. The molecule has 112 valence electrons. The van der Waals surface area contributed by atoms with Gasteiger partial charge in [-0.2, -0.15) is 0 Å². The van der Waals surface area contributed by atoms with E-state index in [9.17, 15) is 0 Å². The van der Waals surface area contributed by atoms with Crippen LogP contribution in [0.5, 0.6) is 5.75 Å². The highest BCUT2D eigenvalue weighted by molar-refractivity contribution is 6.35. The third kappa shape index (κ3) is 3.89. The fraction of sp³-hybridized carbons (Fsp3) is 0.250. The SMILES string of the molecule is COc1ccc(C)cc1C(Cc1ccc(Cl)cc1Cl)NN. The van der Waals surface area contributed by atoms with Gasteiger partial charge in [-0.25, -0.2) is 0 Å². The molecule has 1 unspecified atom stereocenters. The number of rotatable bonds is 5. The van der Waals surface area contributed by atoms with E-state index in [0.717, 1.165) is 22.4 Å². The number of nitrogens with two attached hydrogens (primary N) is 1. The van der Waals surface area contributed by atoms with Crippen LogP contribution in [0.2, 0.25) is 10.0 Å². The van der Waals surface area contributed by atoms with Crippen LogP contribution in [0, 0.1) is 6.92 Å². The predicted octanol–water partition coefficient (Wildman–Crippen LogP) is 4.06. The maximum atomic E-state index is 6.24. The molecule has 3 nitrogen and oxygen atoms in total. The standard InChI is InChI=1S/C16H18Cl2N2O/c1-10-3-6-16(21-2)13(7-10)15(20-19)8-11-4-5-12(17)9-14(11)18/h3-7,9,15,20H,8,19H2,1-2H3. The van der Waals surface area contributed by atoms with Crippen LogP contribution in [-0.4, -0.2) is 7.11 Å². The maximum absolute atomic E-state index is 6.24. The molecule has 21 heavy (non-hydrogen) atoms. The van der Waals surface area contributed by atoms with Crippen molar-refractivity contribution in [3.05, 3.63) is 63.1 Å². The summed E-state index contributed by atoms with van der Waals surface area (Å²) in [6, 6.07) is 11.4. The molecule has 0 heterocycles. The van der Waals surface area contributed by atoms with E-state index in [1.807, 2.05) is 31.2 Å². The Bertz CT molecular complexity index is 632. The molecule has 0 fully saturated rings. The van der Waals surface area contributed by atoms with Gasteiger partial charge < -0.3 is 4.74 Å². The molecule has 2 rings (SSSR count). The number of halogens is 2. The van der Waals surface area contributed by atoms with E-state index in [-0.39, 0.29) is 6.04 Å². The van der Waals surface area contributed by atoms with Crippen LogP contribution < -0.4 is 16.0 Å². The van der Waals surface area contributed by atoms with Crippen molar-refractivity contribution in [1.82, 2.24) is 5.43 Å². The summed E-state index contributed by atoms with van der Waals surface area (Å²) >= 11 is 12.2. The van der Waals surface area contributed by atoms with E-state index in [1.54, 1.807) is 13.2 Å². The second kappa shape index (κ2) is 7.14. The highest BCUT2D eigenvalue weighted by atomic mass is 35.5. The molecule has 0 aromatic heterocycles. The van der Waals surface area contributed by atoms with Crippen LogP contribution in [0.25, 0.3) is 0 Å². The minimum absolute atomic E-state index is 0.0986. The number of ether oxygens (including phenoxy) is 1. The normalized spacial score (nSPS) is 12.2. The maximum Gasteiger partial charge on any atom is 0.123 e. The number of nitrogens with one attached hydrogen (secondary N) is 1. The van der Waals surface area contributed by atoms with Gasteiger partial charge in [-0.15, -0.1) is 0 Å². The molecule has 5 heteroatoms. The molecule has 0 saturated heterocycles. The minimum atomic E-state index is -0.0986. The quantitative estimate of drug-likeness (QED) is 0.644. The van der Waals surface area contributed by atoms with Gasteiger partial charge in [0.05, 0.1) is 13.2 Å². The molecule has 0 bridgehead atoms. The second-order valence-corrected chi connectivity index (χ2v) is 5.75. The number of benzene rings is 2. The summed E-state index contributed by atoms with van der Waals surface area (Å²) in [4.78, 5) is 0. The fourth-order valence-corrected chi connectivity index (χ4v) is 2.78. The van der Waals surface area contributed by atoms with Crippen LogP contribution in [0.1, 0.15) is 22.7 Å². The van der Waals surface area contributed by atoms with Gasteiger partial charge in [0.2, 0.25) is 0 Å². The Morgan fingerprint density at radius 2 is 1.95 bits per heavy atom. The summed E-state index contributed by atoms with van der Waals surface area (Å²) in [7, 11) is 1.65. The Kier molecular flexibility index (Phi) is 5.48. The van der Waals surface area contributed by atoms with E-state index in [1.165, 1.54) is 0 Å². The summed E-state index contributed by atoms with van der Waals surface area (Å²) < 4.78 is 5.42. The van der Waals surface area contributed by atoms with Crippen LogP contribution in [0.15, 0.2) is 36.4 Å². The Hall–Kier alpha value is -1.26. The van der Waals surface area contributed by atoms with Crippen molar-refractivity contribution in [2.45, 2.75) is 19.4 Å². The van der Waals surface area contributed by atoms with Crippen molar-refractivity contribution in [2.75, 3.05) is 7.11 Å². The van der Waals surface area contributed by atoms with Gasteiger partial charge in [0.15, 0.2) is 0 Å². The van der Waals surface area contributed by atoms with Crippen molar-refractivity contribution in [2.24, 2.45) is 5.84 Å². The molecular weight excluding hydrogens is 307 g/mol. The monoisotopic (exact) mass is 324 g/mol. The van der Waals surface area contributed by atoms with Gasteiger partial charge in [0.25, 0.3) is 0 Å². The highest BCUT2D eigenvalue weighted by Crippen LogP contribution is 2.31. The van der Waals surface area contributed by atoms with Crippen LogP contribution in [0.3, 0.4) is 0 Å². The Balaban J connectivity index is 2.34. The minimum Gasteiger partial charge on any atom is -0.496 e. The lowest BCUT2D eigenvalue weighted by atomic mass is 9.97. The van der Waals surface area contributed by atoms with Crippen LogP contribution in [0.4, 0.5) is 0 Å². The number of aryl methyl sites for hydroxylation is 1. The first-order chi connectivity index (χ1) is 10.0. The average Bonchev–Trinajstić information content (AvgIpc) is 2.46. The first-order valence-corrected chi connectivity index (χ1v) is 7.35. The van der Waals surface area contributed by atoms with Crippen molar-refractivity contribution in [3.63, 3.8) is 0 Å². The van der Waals surface area contributed by atoms with Crippen LogP contribution >= 0.6 is 23.2 Å². The third-order valence-electron chi connectivity index (χ3n) is 3.40. The lowest BCUT2D eigenvalue weighted by Gasteiger charge is -2.20. The molecule has 3 N–H and O–H groups in total. The van der Waals surface area contributed by atoms with Crippen molar-refractivity contribution >= 4 is 23.2 Å². The average molecular weight is 325 g/mol.